The van der Waals surface area contributed by atoms with Crippen molar-refractivity contribution in [1.82, 2.24) is 0 Å². The van der Waals surface area contributed by atoms with Crippen LogP contribution in [0.1, 0.15) is 28.6 Å². The summed E-state index contributed by atoms with van der Waals surface area (Å²) < 4.78 is 8.58. The summed E-state index contributed by atoms with van der Waals surface area (Å²) in [6.45, 7) is 5.08. The van der Waals surface area contributed by atoms with Gasteiger partial charge in [0.05, 0.1) is 5.89 Å². The molecule has 0 bridgehead atoms. The van der Waals surface area contributed by atoms with E-state index in [0.29, 0.717) is 12.1 Å². The molecule has 0 spiro atoms. The molecular formula is C16H23NO3S. The van der Waals surface area contributed by atoms with Gasteiger partial charge in [0, 0.05) is 12.3 Å². The third-order valence-corrected chi connectivity index (χ3v) is 3.33. The second-order valence-electron chi connectivity index (χ2n) is 5.42. The lowest BCUT2D eigenvalue weighted by atomic mass is 9.93. The van der Waals surface area contributed by atoms with Gasteiger partial charge in [0.25, 0.3) is 0 Å². The third-order valence-electron chi connectivity index (χ3n) is 3.01. The molecule has 2 unspecified atom stereocenters. The van der Waals surface area contributed by atoms with Crippen LogP contribution in [0.5, 0.6) is 0 Å². The minimum atomic E-state index is -1.47. The van der Waals surface area contributed by atoms with Crippen LogP contribution in [-0.4, -0.2) is 28.8 Å². The molecule has 1 aromatic carbocycles. The molecule has 0 aromatic heterocycles. The molecule has 1 aromatic rings. The molecule has 0 aliphatic carbocycles. The Kier molecular flexibility index (Phi) is 6.11. The van der Waals surface area contributed by atoms with Crippen LogP contribution >= 0.6 is 12.6 Å². The van der Waals surface area contributed by atoms with Gasteiger partial charge in [-0.1, -0.05) is 39.0 Å². The fourth-order valence-electron chi connectivity index (χ4n) is 2.07. The van der Waals surface area contributed by atoms with Gasteiger partial charge in [0.2, 0.25) is 5.91 Å². The van der Waals surface area contributed by atoms with Gasteiger partial charge in [-0.3, -0.25) is 9.59 Å². The van der Waals surface area contributed by atoms with Crippen LogP contribution in [0.25, 0.3) is 0 Å². The number of benzene rings is 1. The normalized spacial score (nSPS) is 16.0. The second kappa shape index (κ2) is 8.08. The average Bonchev–Trinajstić information content (AvgIpc) is 2.43. The summed E-state index contributed by atoms with van der Waals surface area (Å²) in [7, 11) is 0. The Morgan fingerprint density at radius 1 is 1.29 bits per heavy atom. The topological polar surface area (TPSA) is 57.6 Å². The maximum Gasteiger partial charge on any atom is 0.323 e. The lowest BCUT2D eigenvalue weighted by Crippen LogP contribution is -2.42. The second-order valence-corrected chi connectivity index (χ2v) is 6.19. The highest BCUT2D eigenvalue weighted by molar-refractivity contribution is 7.81. The van der Waals surface area contributed by atoms with Crippen LogP contribution in [-0.2, 0) is 9.59 Å². The van der Waals surface area contributed by atoms with Crippen molar-refractivity contribution in [3.05, 3.63) is 30.3 Å². The molecular weight excluding hydrogens is 286 g/mol. The molecule has 116 valence electrons. The maximum absolute atomic E-state index is 12.9. The summed E-state index contributed by atoms with van der Waals surface area (Å²) in [5.41, 5.74) is 0.476. The van der Waals surface area contributed by atoms with Gasteiger partial charge in [-0.2, -0.15) is 12.6 Å². The van der Waals surface area contributed by atoms with Gasteiger partial charge >= 0.3 is 5.97 Å². The highest BCUT2D eigenvalue weighted by atomic mass is 32.1. The molecule has 0 fully saturated rings. The van der Waals surface area contributed by atoms with Gasteiger partial charge in [-0.25, -0.2) is 0 Å². The van der Waals surface area contributed by atoms with Crippen LogP contribution in [0.4, 0.5) is 5.69 Å². The van der Waals surface area contributed by atoms with Crippen LogP contribution in [0, 0.1) is 11.8 Å². The summed E-state index contributed by atoms with van der Waals surface area (Å²) in [5.74, 6) is -2.99. The smallest absolute Gasteiger partial charge is 0.323 e. The van der Waals surface area contributed by atoms with E-state index in [4.69, 9.17) is 6.48 Å². The highest BCUT2D eigenvalue weighted by Crippen LogP contribution is 2.25. The third kappa shape index (κ3) is 5.42. The molecule has 0 heterocycles. The fourth-order valence-corrected chi connectivity index (χ4v) is 2.29. The van der Waals surface area contributed by atoms with Gasteiger partial charge < -0.3 is 10.0 Å². The van der Waals surface area contributed by atoms with Crippen molar-refractivity contribution in [2.24, 2.45) is 11.8 Å². The lowest BCUT2D eigenvalue weighted by molar-refractivity contribution is -0.137. The number of carbonyl (C=O) groups is 2. The molecule has 21 heavy (non-hydrogen) atoms. The Morgan fingerprint density at radius 2 is 1.86 bits per heavy atom. The first-order chi connectivity index (χ1) is 10.2. The van der Waals surface area contributed by atoms with Crippen LogP contribution in [0.2, 0.25) is 0 Å². The van der Waals surface area contributed by atoms with Gasteiger partial charge in [0.15, 0.2) is 0 Å². The largest absolute Gasteiger partial charge is 0.480 e. The average molecular weight is 310 g/mol. The van der Waals surface area contributed by atoms with Gasteiger partial charge in [-0.15, -0.1) is 0 Å². The zero-order valence-electron chi connectivity index (χ0n) is 13.6. The SMILES string of the molecule is [2H]C(CC(C)C)(C(=O)N(CC(=O)O)c1ccccc1)C(C)S. The summed E-state index contributed by atoms with van der Waals surface area (Å²) in [5, 5.41) is 8.59. The molecule has 2 atom stereocenters. The number of anilines is 1. The number of para-hydroxylation sites is 1. The number of nitrogens with zero attached hydrogens (tertiary/aromatic N) is 1. The number of rotatable bonds is 7. The first kappa shape index (κ1) is 15.9. The molecule has 1 rings (SSSR count). The van der Waals surface area contributed by atoms with Crippen LogP contribution in [0.3, 0.4) is 0 Å². The van der Waals surface area contributed by atoms with Gasteiger partial charge in [-0.05, 0) is 24.5 Å². The maximum atomic E-state index is 12.9. The van der Waals surface area contributed by atoms with Crippen molar-refractivity contribution in [1.29, 1.82) is 0 Å². The summed E-state index contributed by atoms with van der Waals surface area (Å²) in [6, 6.07) is 8.58. The predicted octanol–water partition coefficient (Wildman–Crippen LogP) is 3.08. The number of carbonyl (C=O) groups excluding carboxylic acids is 1. The minimum Gasteiger partial charge on any atom is -0.480 e. The van der Waals surface area contributed by atoms with Crippen LogP contribution in [0.15, 0.2) is 30.3 Å². The number of amides is 1. The molecule has 5 heteroatoms. The lowest BCUT2D eigenvalue weighted by Gasteiger charge is -2.29. The molecule has 0 aliphatic rings. The van der Waals surface area contributed by atoms with E-state index in [0.717, 1.165) is 4.90 Å². The van der Waals surface area contributed by atoms with Crippen LogP contribution < -0.4 is 4.90 Å². The summed E-state index contributed by atoms with van der Waals surface area (Å²) in [4.78, 5) is 25.2. The van der Waals surface area contributed by atoms with E-state index in [-0.39, 0.29) is 5.92 Å². The standard InChI is InChI=1S/C16H23NO3S/c1-11(2)9-14(12(3)21)16(20)17(10-15(18)19)13-7-5-4-6-8-13/h4-8,11-12,14,21H,9-10H2,1-3H3,(H,18,19)/i14D. The van der Waals surface area contributed by atoms with Crippen molar-refractivity contribution >= 4 is 30.2 Å². The molecule has 0 saturated carbocycles. The number of carboxylic acid groups (broad SMARTS) is 1. The quantitative estimate of drug-likeness (QED) is 0.761. The molecule has 0 saturated heterocycles. The Balaban J connectivity index is 3.22. The number of hydrogen-bond acceptors (Lipinski definition) is 3. The monoisotopic (exact) mass is 310 g/mol. The number of aliphatic carboxylic acids is 1. The fraction of sp³-hybridized carbons (Fsp3) is 0.500. The van der Waals surface area contributed by atoms with E-state index in [1.165, 1.54) is 0 Å². The highest BCUT2D eigenvalue weighted by Gasteiger charge is 2.30. The molecule has 1 N–H and O–H groups in total. The van der Waals surface area contributed by atoms with Crippen molar-refractivity contribution in [3.63, 3.8) is 0 Å². The predicted molar refractivity (Wildman–Crippen MR) is 87.8 cm³/mol. The number of hydrogen-bond donors (Lipinski definition) is 2. The molecule has 0 aliphatic heterocycles. The Morgan fingerprint density at radius 3 is 2.29 bits per heavy atom. The van der Waals surface area contributed by atoms with Gasteiger partial charge in [0.1, 0.15) is 6.54 Å². The van der Waals surface area contributed by atoms with Crippen molar-refractivity contribution in [2.45, 2.75) is 32.4 Å². The molecule has 0 radical (unpaired) electrons. The van der Waals surface area contributed by atoms with Crippen molar-refractivity contribution in [3.8, 4) is 0 Å². The molecule has 1 amide bonds. The Hall–Kier alpha value is -1.49. The van der Waals surface area contributed by atoms with Crippen molar-refractivity contribution < 1.29 is 16.1 Å². The first-order valence-corrected chi connectivity index (χ1v) is 7.47. The van der Waals surface area contributed by atoms with E-state index in [2.05, 4.69) is 12.6 Å². The Bertz CT molecular complexity index is 521. The van der Waals surface area contributed by atoms with E-state index < -0.39 is 29.6 Å². The van der Waals surface area contributed by atoms with Crippen molar-refractivity contribution in [2.75, 3.05) is 11.4 Å². The van der Waals surface area contributed by atoms with E-state index in [1.54, 1.807) is 37.3 Å². The summed E-state index contributed by atoms with van der Waals surface area (Å²) >= 11 is 4.31. The van der Waals surface area contributed by atoms with E-state index in [1.807, 2.05) is 13.8 Å². The molecule has 4 nitrogen and oxygen atoms in total. The Labute approximate surface area is 133 Å². The van der Waals surface area contributed by atoms with E-state index >= 15 is 0 Å². The zero-order chi connectivity index (χ0) is 16.9. The number of carboxylic acids is 1. The minimum absolute atomic E-state index is 0.124. The zero-order valence-corrected chi connectivity index (χ0v) is 13.5. The number of thiol groups is 1. The van der Waals surface area contributed by atoms with E-state index in [9.17, 15) is 9.59 Å². The first-order valence-electron chi connectivity index (χ1n) is 7.45. The summed E-state index contributed by atoms with van der Waals surface area (Å²) in [6.07, 6.45) is 0.319.